The number of benzene rings is 3. The Hall–Kier alpha value is -4.98. The van der Waals surface area contributed by atoms with Gasteiger partial charge < -0.3 is 14.8 Å². The fraction of sp³-hybridized carbons (Fsp3) is 0. The van der Waals surface area contributed by atoms with Gasteiger partial charge in [-0.1, -0.05) is 36.4 Å². The van der Waals surface area contributed by atoms with Gasteiger partial charge in [-0.2, -0.15) is 5.10 Å². The maximum atomic E-state index is 13.2. The van der Waals surface area contributed by atoms with Crippen LogP contribution in [0.1, 0.15) is 20.7 Å². The number of nitrogens with one attached hydrogen (secondary N) is 1. The van der Waals surface area contributed by atoms with Gasteiger partial charge in [-0.25, -0.2) is 14.3 Å². The van der Waals surface area contributed by atoms with E-state index in [0.717, 1.165) is 0 Å². The second kappa shape index (κ2) is 8.51. The molecular formula is C26H17N3O5. The Balaban J connectivity index is 1.60. The smallest absolute Gasteiger partial charge is 0.345 e. The summed E-state index contributed by atoms with van der Waals surface area (Å²) >= 11 is 0. The zero-order chi connectivity index (χ0) is 23.7. The number of aromatic carboxylic acids is 1. The maximum Gasteiger partial charge on any atom is 0.345 e. The van der Waals surface area contributed by atoms with Gasteiger partial charge in [-0.05, 0) is 48.5 Å². The molecule has 5 rings (SSSR count). The third kappa shape index (κ3) is 3.95. The molecule has 0 saturated carbocycles. The molecule has 2 aromatic heterocycles. The van der Waals surface area contributed by atoms with Gasteiger partial charge in [-0.3, -0.25) is 4.79 Å². The Kier molecular flexibility index (Phi) is 5.23. The van der Waals surface area contributed by atoms with E-state index in [1.807, 2.05) is 36.4 Å². The lowest BCUT2D eigenvalue weighted by atomic mass is 10.1. The minimum atomic E-state index is -1.06. The molecule has 0 bridgehead atoms. The highest BCUT2D eigenvalue weighted by Gasteiger charge is 2.22. The first-order valence-electron chi connectivity index (χ1n) is 10.3. The van der Waals surface area contributed by atoms with Gasteiger partial charge in [0.05, 0.1) is 22.4 Å². The molecule has 0 saturated heterocycles. The van der Waals surface area contributed by atoms with E-state index >= 15 is 0 Å². The molecule has 0 aliphatic heterocycles. The molecule has 2 heterocycles. The fourth-order valence-corrected chi connectivity index (χ4v) is 3.57. The summed E-state index contributed by atoms with van der Waals surface area (Å²) in [6, 6.07) is 23.7. The van der Waals surface area contributed by atoms with E-state index in [0.29, 0.717) is 22.3 Å². The van der Waals surface area contributed by atoms with Crippen LogP contribution < -0.4 is 10.9 Å². The average molecular weight is 451 g/mol. The number of aromatic nitrogens is 2. The van der Waals surface area contributed by atoms with Crippen LogP contribution in [-0.4, -0.2) is 26.8 Å². The number of para-hydroxylation sites is 2. The van der Waals surface area contributed by atoms with E-state index < -0.39 is 17.5 Å². The molecule has 8 nitrogen and oxygen atoms in total. The van der Waals surface area contributed by atoms with Crippen LogP contribution in [0.15, 0.2) is 100 Å². The monoisotopic (exact) mass is 451 g/mol. The number of amides is 1. The number of nitrogens with zero attached hydrogens (tertiary/aromatic N) is 2. The Bertz CT molecular complexity index is 1580. The predicted octanol–water partition coefficient (Wildman–Crippen LogP) is 4.60. The summed E-state index contributed by atoms with van der Waals surface area (Å²) in [6.45, 7) is 0. The molecule has 0 atom stereocenters. The first-order chi connectivity index (χ1) is 16.5. The Morgan fingerprint density at radius 3 is 2.35 bits per heavy atom. The number of hydrogen-bond donors (Lipinski definition) is 2. The minimum absolute atomic E-state index is 0.101. The molecule has 8 heteroatoms. The van der Waals surface area contributed by atoms with Crippen molar-refractivity contribution in [2.24, 2.45) is 0 Å². The van der Waals surface area contributed by atoms with E-state index in [1.165, 1.54) is 28.9 Å². The SMILES string of the molecule is O=C(O)c1ccc(NC(=O)c2cn(-c3ccccc3)nc2-c2cc3ccccc3oc2=O)cc1. The van der Waals surface area contributed by atoms with Crippen LogP contribution in [-0.2, 0) is 0 Å². The summed E-state index contributed by atoms with van der Waals surface area (Å²) in [6.07, 6.45) is 1.54. The highest BCUT2D eigenvalue weighted by Crippen LogP contribution is 2.25. The Labute approximate surface area is 192 Å². The molecule has 34 heavy (non-hydrogen) atoms. The van der Waals surface area contributed by atoms with Crippen molar-refractivity contribution in [3.63, 3.8) is 0 Å². The highest BCUT2D eigenvalue weighted by atomic mass is 16.4. The van der Waals surface area contributed by atoms with Crippen molar-refractivity contribution in [3.8, 4) is 16.9 Å². The number of rotatable bonds is 5. The van der Waals surface area contributed by atoms with Gasteiger partial charge in [-0.15, -0.1) is 0 Å². The quantitative estimate of drug-likeness (QED) is 0.378. The standard InChI is InChI=1S/C26H17N3O5/c30-24(27-18-12-10-16(11-13-18)25(31)32)21-15-29(19-7-2-1-3-8-19)28-23(21)20-14-17-6-4-5-9-22(17)34-26(20)33/h1-15H,(H,27,30)(H,31,32). The largest absolute Gasteiger partial charge is 0.478 e. The molecule has 2 N–H and O–H groups in total. The maximum absolute atomic E-state index is 13.2. The van der Waals surface area contributed by atoms with E-state index in [9.17, 15) is 14.4 Å². The number of fused-ring (bicyclic) bond motifs is 1. The summed E-state index contributed by atoms with van der Waals surface area (Å²) in [5, 5.41) is 17.0. The first kappa shape index (κ1) is 20.9. The van der Waals surface area contributed by atoms with Crippen LogP contribution in [0.5, 0.6) is 0 Å². The molecule has 0 fully saturated rings. The van der Waals surface area contributed by atoms with Crippen molar-refractivity contribution < 1.29 is 19.1 Å². The van der Waals surface area contributed by atoms with Crippen LogP contribution in [0, 0.1) is 0 Å². The van der Waals surface area contributed by atoms with Crippen molar-refractivity contribution in [1.82, 2.24) is 9.78 Å². The second-order valence-corrected chi connectivity index (χ2v) is 7.49. The lowest BCUT2D eigenvalue weighted by molar-refractivity contribution is 0.0696. The lowest BCUT2D eigenvalue weighted by Crippen LogP contribution is -2.14. The van der Waals surface area contributed by atoms with Crippen molar-refractivity contribution in [3.05, 3.63) is 113 Å². The van der Waals surface area contributed by atoms with Crippen molar-refractivity contribution in [1.29, 1.82) is 0 Å². The number of carboxylic acids is 1. The van der Waals surface area contributed by atoms with Gasteiger partial charge in [0.15, 0.2) is 0 Å². The van der Waals surface area contributed by atoms with Crippen LogP contribution in [0.25, 0.3) is 27.9 Å². The normalized spacial score (nSPS) is 10.8. The molecule has 0 spiro atoms. The zero-order valence-corrected chi connectivity index (χ0v) is 17.6. The highest BCUT2D eigenvalue weighted by molar-refractivity contribution is 6.08. The number of carboxylic acid groups (broad SMARTS) is 1. The molecule has 0 aliphatic carbocycles. The summed E-state index contributed by atoms with van der Waals surface area (Å²) in [4.78, 5) is 37.1. The summed E-state index contributed by atoms with van der Waals surface area (Å²) in [7, 11) is 0. The molecule has 3 aromatic carbocycles. The van der Waals surface area contributed by atoms with Crippen LogP contribution in [0.4, 0.5) is 5.69 Å². The molecule has 1 amide bonds. The number of carbonyl (C=O) groups is 2. The second-order valence-electron chi connectivity index (χ2n) is 7.49. The Morgan fingerprint density at radius 2 is 1.62 bits per heavy atom. The van der Waals surface area contributed by atoms with E-state index in [2.05, 4.69) is 10.4 Å². The van der Waals surface area contributed by atoms with Gasteiger partial charge in [0, 0.05) is 17.3 Å². The summed E-state index contributed by atoms with van der Waals surface area (Å²) in [5.74, 6) is -1.57. The third-order valence-electron chi connectivity index (χ3n) is 5.27. The third-order valence-corrected chi connectivity index (χ3v) is 5.27. The van der Waals surface area contributed by atoms with Gasteiger partial charge in [0.2, 0.25) is 0 Å². The molecule has 5 aromatic rings. The average Bonchev–Trinajstić information content (AvgIpc) is 3.30. The van der Waals surface area contributed by atoms with E-state index in [4.69, 9.17) is 9.52 Å². The molecule has 0 aliphatic rings. The lowest BCUT2D eigenvalue weighted by Gasteiger charge is -2.06. The zero-order valence-electron chi connectivity index (χ0n) is 17.6. The van der Waals surface area contributed by atoms with Gasteiger partial charge in [0.1, 0.15) is 11.3 Å². The van der Waals surface area contributed by atoms with E-state index in [1.54, 1.807) is 30.5 Å². The number of anilines is 1. The Morgan fingerprint density at radius 1 is 0.912 bits per heavy atom. The van der Waals surface area contributed by atoms with Gasteiger partial charge in [0.25, 0.3) is 5.91 Å². The molecular weight excluding hydrogens is 434 g/mol. The molecule has 0 unspecified atom stereocenters. The number of hydrogen-bond acceptors (Lipinski definition) is 5. The van der Waals surface area contributed by atoms with Crippen molar-refractivity contribution in [2.75, 3.05) is 5.32 Å². The topological polar surface area (TPSA) is 114 Å². The van der Waals surface area contributed by atoms with Crippen molar-refractivity contribution in [2.45, 2.75) is 0 Å². The number of carbonyl (C=O) groups excluding carboxylic acids is 1. The van der Waals surface area contributed by atoms with Crippen molar-refractivity contribution >= 4 is 28.5 Å². The molecule has 0 radical (unpaired) electrons. The van der Waals surface area contributed by atoms with E-state index in [-0.39, 0.29) is 22.4 Å². The predicted molar refractivity (Wildman–Crippen MR) is 126 cm³/mol. The summed E-state index contributed by atoms with van der Waals surface area (Å²) in [5.41, 5.74) is 1.51. The first-order valence-corrected chi connectivity index (χ1v) is 10.3. The fourth-order valence-electron chi connectivity index (χ4n) is 3.57. The van der Waals surface area contributed by atoms with Crippen LogP contribution in [0.3, 0.4) is 0 Å². The summed E-state index contributed by atoms with van der Waals surface area (Å²) < 4.78 is 6.98. The molecule has 166 valence electrons. The minimum Gasteiger partial charge on any atom is -0.478 e. The van der Waals surface area contributed by atoms with Crippen LogP contribution in [0.2, 0.25) is 0 Å². The van der Waals surface area contributed by atoms with Gasteiger partial charge >= 0.3 is 11.6 Å². The van der Waals surface area contributed by atoms with Crippen LogP contribution >= 0.6 is 0 Å².